The molecule has 16 heavy (non-hydrogen) atoms. The molecule has 0 atom stereocenters. The average Bonchev–Trinajstić information content (AvgIpc) is 2.65. The second-order valence-electron chi connectivity index (χ2n) is 4.08. The lowest BCUT2D eigenvalue weighted by atomic mass is 10.2. The van der Waals surface area contributed by atoms with Gasteiger partial charge in [0.05, 0.1) is 12.2 Å². The van der Waals surface area contributed by atoms with Crippen molar-refractivity contribution in [2.45, 2.75) is 13.0 Å². The molecule has 0 amide bonds. The van der Waals surface area contributed by atoms with Gasteiger partial charge in [-0.15, -0.1) is 5.10 Å². The molecule has 82 valence electrons. The largest absolute Gasteiger partial charge is 0.312 e. The van der Waals surface area contributed by atoms with Crippen LogP contribution in [0.5, 0.6) is 0 Å². The zero-order valence-corrected chi connectivity index (χ0v) is 9.09. The molecule has 1 aliphatic heterocycles. The summed E-state index contributed by atoms with van der Waals surface area (Å²) >= 11 is 0. The van der Waals surface area contributed by atoms with E-state index < -0.39 is 0 Å². The van der Waals surface area contributed by atoms with E-state index in [-0.39, 0.29) is 0 Å². The van der Waals surface area contributed by atoms with Crippen LogP contribution in [0.25, 0.3) is 11.3 Å². The van der Waals surface area contributed by atoms with Gasteiger partial charge < -0.3 is 5.32 Å². The van der Waals surface area contributed by atoms with Gasteiger partial charge in [-0.1, -0.05) is 5.21 Å². The molecule has 1 aliphatic rings. The number of rotatable bonds is 2. The summed E-state index contributed by atoms with van der Waals surface area (Å²) in [4.78, 5) is 4.25. The SMILES string of the molecule is Cc1ccc(-c2cn(C3CNC3)nn2)cn1. The highest BCUT2D eigenvalue weighted by molar-refractivity contribution is 5.56. The first-order chi connectivity index (χ1) is 7.83. The Balaban J connectivity index is 1.88. The van der Waals surface area contributed by atoms with Crippen LogP contribution in [0.15, 0.2) is 24.5 Å². The first-order valence-corrected chi connectivity index (χ1v) is 5.38. The third kappa shape index (κ3) is 1.59. The molecule has 1 fully saturated rings. The fourth-order valence-corrected chi connectivity index (χ4v) is 1.67. The maximum absolute atomic E-state index is 4.25. The molecule has 3 rings (SSSR count). The van der Waals surface area contributed by atoms with Crippen molar-refractivity contribution in [3.8, 4) is 11.3 Å². The average molecular weight is 215 g/mol. The van der Waals surface area contributed by atoms with E-state index in [1.807, 2.05) is 36.1 Å². The van der Waals surface area contributed by atoms with Gasteiger partial charge in [-0.05, 0) is 19.1 Å². The monoisotopic (exact) mass is 215 g/mol. The van der Waals surface area contributed by atoms with Crippen LogP contribution in [0, 0.1) is 6.92 Å². The Bertz CT molecular complexity index is 483. The van der Waals surface area contributed by atoms with E-state index in [2.05, 4.69) is 20.6 Å². The van der Waals surface area contributed by atoms with E-state index in [0.717, 1.165) is 30.0 Å². The maximum atomic E-state index is 4.25. The summed E-state index contributed by atoms with van der Waals surface area (Å²) in [6.45, 7) is 3.94. The van der Waals surface area contributed by atoms with E-state index in [0.29, 0.717) is 6.04 Å². The van der Waals surface area contributed by atoms with Crippen molar-refractivity contribution >= 4 is 0 Å². The smallest absolute Gasteiger partial charge is 0.114 e. The van der Waals surface area contributed by atoms with E-state index in [1.54, 1.807) is 0 Å². The van der Waals surface area contributed by atoms with Crippen LogP contribution in [-0.2, 0) is 0 Å². The van der Waals surface area contributed by atoms with Crippen molar-refractivity contribution in [3.05, 3.63) is 30.2 Å². The van der Waals surface area contributed by atoms with Crippen molar-refractivity contribution in [2.75, 3.05) is 13.1 Å². The summed E-state index contributed by atoms with van der Waals surface area (Å²) in [6.07, 6.45) is 3.82. The fraction of sp³-hybridized carbons (Fsp3) is 0.364. The number of hydrogen-bond acceptors (Lipinski definition) is 4. The Morgan fingerprint density at radius 2 is 2.25 bits per heavy atom. The quantitative estimate of drug-likeness (QED) is 0.804. The highest BCUT2D eigenvalue weighted by Gasteiger charge is 2.20. The summed E-state index contributed by atoms with van der Waals surface area (Å²) in [7, 11) is 0. The van der Waals surface area contributed by atoms with Crippen LogP contribution in [0.1, 0.15) is 11.7 Å². The maximum Gasteiger partial charge on any atom is 0.114 e. The standard InChI is InChI=1S/C11H13N5/c1-8-2-3-9(4-13-8)11-7-16(15-14-11)10-5-12-6-10/h2-4,7,10,12H,5-6H2,1H3. The highest BCUT2D eigenvalue weighted by Crippen LogP contribution is 2.17. The van der Waals surface area contributed by atoms with E-state index in [9.17, 15) is 0 Å². The molecule has 5 nitrogen and oxygen atoms in total. The Morgan fingerprint density at radius 1 is 1.38 bits per heavy atom. The zero-order valence-electron chi connectivity index (χ0n) is 9.09. The molecule has 0 unspecified atom stereocenters. The van der Waals surface area contributed by atoms with Gasteiger partial charge in [-0.25, -0.2) is 4.68 Å². The van der Waals surface area contributed by atoms with Gasteiger partial charge in [-0.3, -0.25) is 4.98 Å². The van der Waals surface area contributed by atoms with E-state index in [1.165, 1.54) is 0 Å². The molecule has 1 N–H and O–H groups in total. The van der Waals surface area contributed by atoms with Gasteiger partial charge >= 0.3 is 0 Å². The summed E-state index contributed by atoms with van der Waals surface area (Å²) < 4.78 is 1.92. The fourth-order valence-electron chi connectivity index (χ4n) is 1.67. The van der Waals surface area contributed by atoms with Crippen LogP contribution in [-0.4, -0.2) is 33.1 Å². The van der Waals surface area contributed by atoms with Crippen LogP contribution in [0.3, 0.4) is 0 Å². The number of nitrogens with zero attached hydrogens (tertiary/aromatic N) is 4. The van der Waals surface area contributed by atoms with Crippen molar-refractivity contribution in [2.24, 2.45) is 0 Å². The summed E-state index contributed by atoms with van der Waals surface area (Å²) in [5, 5.41) is 11.5. The summed E-state index contributed by atoms with van der Waals surface area (Å²) in [6, 6.07) is 4.47. The normalized spacial score (nSPS) is 16.1. The third-order valence-corrected chi connectivity index (χ3v) is 2.85. The first kappa shape index (κ1) is 9.47. The Hall–Kier alpha value is -1.75. The Kier molecular flexibility index (Phi) is 2.18. The molecule has 0 spiro atoms. The van der Waals surface area contributed by atoms with Crippen molar-refractivity contribution in [1.29, 1.82) is 0 Å². The third-order valence-electron chi connectivity index (χ3n) is 2.85. The minimum Gasteiger partial charge on any atom is -0.312 e. The summed E-state index contributed by atoms with van der Waals surface area (Å²) in [5.74, 6) is 0. The molecule has 0 aromatic carbocycles. The number of hydrogen-bond donors (Lipinski definition) is 1. The topological polar surface area (TPSA) is 55.6 Å². The zero-order chi connectivity index (χ0) is 11.0. The molecule has 0 radical (unpaired) electrons. The number of aromatic nitrogens is 4. The molecule has 3 heterocycles. The van der Waals surface area contributed by atoms with E-state index in [4.69, 9.17) is 0 Å². The van der Waals surface area contributed by atoms with Gasteiger partial charge in [-0.2, -0.15) is 0 Å². The number of aryl methyl sites for hydroxylation is 1. The van der Waals surface area contributed by atoms with Crippen molar-refractivity contribution in [1.82, 2.24) is 25.3 Å². The molecule has 2 aromatic rings. The lowest BCUT2D eigenvalue weighted by Gasteiger charge is -2.26. The van der Waals surface area contributed by atoms with Crippen LogP contribution >= 0.6 is 0 Å². The minimum atomic E-state index is 0.458. The number of pyridine rings is 1. The molecule has 0 aliphatic carbocycles. The predicted octanol–water partition coefficient (Wildman–Crippen LogP) is 0.793. The van der Waals surface area contributed by atoms with Crippen molar-refractivity contribution < 1.29 is 0 Å². The minimum absolute atomic E-state index is 0.458. The van der Waals surface area contributed by atoms with Crippen LogP contribution in [0.4, 0.5) is 0 Å². The molecule has 5 heteroatoms. The van der Waals surface area contributed by atoms with Gasteiger partial charge in [0.1, 0.15) is 5.69 Å². The molecule has 0 bridgehead atoms. The second kappa shape index (κ2) is 3.68. The highest BCUT2D eigenvalue weighted by atomic mass is 15.4. The van der Waals surface area contributed by atoms with Crippen LogP contribution in [0.2, 0.25) is 0 Å². The van der Waals surface area contributed by atoms with E-state index >= 15 is 0 Å². The summed E-state index contributed by atoms with van der Waals surface area (Å²) in [5.41, 5.74) is 2.92. The molecular formula is C11H13N5. The molecule has 2 aromatic heterocycles. The predicted molar refractivity (Wildman–Crippen MR) is 59.9 cm³/mol. The van der Waals surface area contributed by atoms with Gasteiger partial charge in [0.25, 0.3) is 0 Å². The van der Waals surface area contributed by atoms with Gasteiger partial charge in [0, 0.05) is 30.5 Å². The Morgan fingerprint density at radius 3 is 2.88 bits per heavy atom. The molecule has 1 saturated heterocycles. The number of nitrogens with one attached hydrogen (secondary N) is 1. The Labute approximate surface area is 93.5 Å². The second-order valence-corrected chi connectivity index (χ2v) is 4.08. The van der Waals surface area contributed by atoms with Crippen molar-refractivity contribution in [3.63, 3.8) is 0 Å². The van der Waals surface area contributed by atoms with Crippen LogP contribution < -0.4 is 5.32 Å². The van der Waals surface area contributed by atoms with Gasteiger partial charge in [0.15, 0.2) is 0 Å². The first-order valence-electron chi connectivity index (χ1n) is 5.38. The molecular weight excluding hydrogens is 202 g/mol. The lowest BCUT2D eigenvalue weighted by Crippen LogP contribution is -2.43. The molecule has 0 saturated carbocycles. The van der Waals surface area contributed by atoms with Gasteiger partial charge in [0.2, 0.25) is 0 Å². The lowest BCUT2D eigenvalue weighted by molar-refractivity contribution is 0.313.